The number of likely N-dealkylation sites (tertiary alicyclic amines) is 2. The summed E-state index contributed by atoms with van der Waals surface area (Å²) in [4.78, 5) is 19.6. The van der Waals surface area contributed by atoms with Gasteiger partial charge in [-0.3, -0.25) is 14.7 Å². The van der Waals surface area contributed by atoms with Crippen molar-refractivity contribution >= 4 is 22.5 Å². The van der Waals surface area contributed by atoms with E-state index >= 15 is 0 Å². The van der Waals surface area contributed by atoms with Crippen molar-refractivity contribution in [2.45, 2.75) is 37.3 Å². The minimum atomic E-state index is -4.49. The Balaban J connectivity index is 1.43. The predicted octanol–water partition coefficient (Wildman–Crippen LogP) is 3.20. The molecule has 0 saturated carbocycles. The molecule has 0 radical (unpaired) electrons. The van der Waals surface area contributed by atoms with Gasteiger partial charge in [0.25, 0.3) is 0 Å². The Labute approximate surface area is 176 Å². The number of benzene rings is 1. The minimum absolute atomic E-state index is 0.0431. The highest BCUT2D eigenvalue weighted by molar-refractivity contribution is 5.93. The predicted molar refractivity (Wildman–Crippen MR) is 106 cm³/mol. The van der Waals surface area contributed by atoms with E-state index in [1.54, 1.807) is 12.1 Å². The number of amides is 1. The van der Waals surface area contributed by atoms with E-state index in [0.717, 1.165) is 6.07 Å². The summed E-state index contributed by atoms with van der Waals surface area (Å²) in [5.74, 6) is -0.281. The maximum Gasteiger partial charge on any atom is 0.418 e. The highest BCUT2D eigenvalue weighted by Crippen LogP contribution is 2.36. The number of para-hydroxylation sites is 1. The zero-order valence-corrected chi connectivity index (χ0v) is 16.6. The summed E-state index contributed by atoms with van der Waals surface area (Å²) < 4.78 is 53.4. The largest absolute Gasteiger partial charge is 0.418 e. The lowest BCUT2D eigenvalue weighted by Crippen LogP contribution is -2.42. The standard InChI is InChI=1S/C21H21F4N5O/c22-13-8-15(9-26)30(10-13)19(31)12-29-7-5-14(11-29)28-18-4-6-27-20-16(18)2-1-3-17(20)21(23,24)25/h1-4,6,13-15H,5,7-8,10-12H2,(H,27,28)/t13-,14-,15-/m0/s1. The number of nitrogens with zero attached hydrogens (tertiary/aromatic N) is 4. The van der Waals surface area contributed by atoms with Crippen molar-refractivity contribution in [3.05, 3.63) is 36.0 Å². The van der Waals surface area contributed by atoms with Gasteiger partial charge >= 0.3 is 6.18 Å². The third-order valence-corrected chi connectivity index (χ3v) is 5.79. The van der Waals surface area contributed by atoms with Crippen molar-refractivity contribution in [2.75, 3.05) is 31.5 Å². The molecule has 0 spiro atoms. The van der Waals surface area contributed by atoms with Gasteiger partial charge in [-0.25, -0.2) is 4.39 Å². The van der Waals surface area contributed by atoms with Gasteiger partial charge in [0.2, 0.25) is 5.91 Å². The van der Waals surface area contributed by atoms with Crippen LogP contribution in [0.5, 0.6) is 0 Å². The van der Waals surface area contributed by atoms with E-state index in [9.17, 15) is 22.4 Å². The second-order valence-corrected chi connectivity index (χ2v) is 7.95. The van der Waals surface area contributed by atoms with Crippen LogP contribution >= 0.6 is 0 Å². The minimum Gasteiger partial charge on any atom is -0.380 e. The average Bonchev–Trinajstić information content (AvgIpc) is 3.32. The summed E-state index contributed by atoms with van der Waals surface area (Å²) in [6, 6.07) is 6.78. The summed E-state index contributed by atoms with van der Waals surface area (Å²) in [7, 11) is 0. The molecule has 0 unspecified atom stereocenters. The number of aromatic nitrogens is 1. The first-order valence-corrected chi connectivity index (χ1v) is 10.0. The quantitative estimate of drug-likeness (QED) is 0.747. The van der Waals surface area contributed by atoms with Crippen molar-refractivity contribution < 1.29 is 22.4 Å². The van der Waals surface area contributed by atoms with Crippen molar-refractivity contribution in [3.63, 3.8) is 0 Å². The van der Waals surface area contributed by atoms with Gasteiger partial charge in [0.05, 0.1) is 30.2 Å². The number of halogens is 4. The maximum absolute atomic E-state index is 13.6. The molecule has 6 nitrogen and oxygen atoms in total. The van der Waals surface area contributed by atoms with Crippen molar-refractivity contribution in [1.29, 1.82) is 5.26 Å². The average molecular weight is 435 g/mol. The number of rotatable bonds is 4. The Morgan fingerprint density at radius 1 is 1.29 bits per heavy atom. The number of nitrogens with one attached hydrogen (secondary N) is 1. The molecule has 2 aliphatic rings. The SMILES string of the molecule is N#C[C@@H]1C[C@H](F)CN1C(=O)CN1CC[C@H](Nc2ccnc3c(C(F)(F)F)cccc23)C1. The number of carbonyl (C=O) groups is 1. The molecule has 3 atom stereocenters. The van der Waals surface area contributed by atoms with Crippen LogP contribution in [-0.2, 0) is 11.0 Å². The van der Waals surface area contributed by atoms with E-state index in [0.29, 0.717) is 30.6 Å². The van der Waals surface area contributed by atoms with E-state index in [2.05, 4.69) is 10.3 Å². The highest BCUT2D eigenvalue weighted by Gasteiger charge is 2.37. The molecule has 2 aliphatic heterocycles. The fraction of sp³-hybridized carbons (Fsp3) is 0.476. The van der Waals surface area contributed by atoms with Gasteiger partial charge in [0.15, 0.2) is 0 Å². The summed E-state index contributed by atoms with van der Waals surface area (Å²) in [5, 5.41) is 12.8. The third kappa shape index (κ3) is 4.42. The Morgan fingerprint density at radius 2 is 2.10 bits per heavy atom. The molecule has 2 saturated heterocycles. The van der Waals surface area contributed by atoms with Crippen molar-refractivity contribution in [2.24, 2.45) is 0 Å². The molecule has 1 aromatic carbocycles. The van der Waals surface area contributed by atoms with Crippen LogP contribution in [-0.4, -0.2) is 65.1 Å². The fourth-order valence-electron chi connectivity index (χ4n) is 4.31. The monoisotopic (exact) mass is 435 g/mol. The molecule has 1 amide bonds. The first kappa shape index (κ1) is 21.3. The number of hydrogen-bond acceptors (Lipinski definition) is 5. The number of pyridine rings is 1. The second kappa shape index (κ2) is 8.30. The van der Waals surface area contributed by atoms with E-state index < -0.39 is 24.0 Å². The topological polar surface area (TPSA) is 72.3 Å². The molecule has 164 valence electrons. The lowest BCUT2D eigenvalue weighted by atomic mass is 10.1. The van der Waals surface area contributed by atoms with Gasteiger partial charge < -0.3 is 10.2 Å². The number of fused-ring (bicyclic) bond motifs is 1. The Morgan fingerprint density at radius 3 is 2.84 bits per heavy atom. The van der Waals surface area contributed by atoms with Gasteiger partial charge in [-0.1, -0.05) is 12.1 Å². The molecule has 31 heavy (non-hydrogen) atoms. The van der Waals surface area contributed by atoms with Gasteiger partial charge in [0, 0.05) is 42.8 Å². The number of anilines is 1. The van der Waals surface area contributed by atoms with Crippen LogP contribution in [0.25, 0.3) is 10.9 Å². The van der Waals surface area contributed by atoms with Crippen LogP contribution in [0.4, 0.5) is 23.2 Å². The summed E-state index contributed by atoms with van der Waals surface area (Å²) in [5.41, 5.74) is -0.336. The van der Waals surface area contributed by atoms with Crippen molar-refractivity contribution in [3.8, 4) is 6.07 Å². The number of hydrogen-bond donors (Lipinski definition) is 1. The molecule has 1 aromatic heterocycles. The van der Waals surface area contributed by atoms with Gasteiger partial charge in [-0.2, -0.15) is 18.4 Å². The lowest BCUT2D eigenvalue weighted by molar-refractivity contribution is -0.136. The summed E-state index contributed by atoms with van der Waals surface area (Å²) in [6.07, 6.45) is -3.59. The van der Waals surface area contributed by atoms with Crippen LogP contribution in [0.2, 0.25) is 0 Å². The molecular weight excluding hydrogens is 414 g/mol. The van der Waals surface area contributed by atoms with Crippen LogP contribution < -0.4 is 5.32 Å². The molecule has 2 aromatic rings. The molecule has 0 bridgehead atoms. The van der Waals surface area contributed by atoms with Crippen LogP contribution in [0, 0.1) is 11.3 Å². The van der Waals surface area contributed by atoms with E-state index in [1.807, 2.05) is 11.0 Å². The zero-order valence-electron chi connectivity index (χ0n) is 16.6. The second-order valence-electron chi connectivity index (χ2n) is 7.95. The van der Waals surface area contributed by atoms with E-state index in [1.165, 1.54) is 17.2 Å². The van der Waals surface area contributed by atoms with Crippen LogP contribution in [0.1, 0.15) is 18.4 Å². The van der Waals surface area contributed by atoms with Gasteiger partial charge in [-0.05, 0) is 18.6 Å². The van der Waals surface area contributed by atoms with Gasteiger partial charge in [-0.15, -0.1) is 0 Å². The van der Waals surface area contributed by atoms with Crippen LogP contribution in [0.15, 0.2) is 30.5 Å². The Kier molecular flexibility index (Phi) is 5.71. The first-order chi connectivity index (χ1) is 14.8. The molecular formula is C21H21F4N5O. The first-order valence-electron chi connectivity index (χ1n) is 10.0. The third-order valence-electron chi connectivity index (χ3n) is 5.79. The molecule has 10 heteroatoms. The van der Waals surface area contributed by atoms with E-state index in [4.69, 9.17) is 5.26 Å². The maximum atomic E-state index is 13.6. The molecule has 1 N–H and O–H groups in total. The van der Waals surface area contributed by atoms with E-state index in [-0.39, 0.29) is 37.0 Å². The highest BCUT2D eigenvalue weighted by atomic mass is 19.4. The lowest BCUT2D eigenvalue weighted by Gasteiger charge is -2.23. The fourth-order valence-corrected chi connectivity index (χ4v) is 4.31. The molecule has 3 heterocycles. The van der Waals surface area contributed by atoms with Crippen molar-refractivity contribution in [1.82, 2.24) is 14.8 Å². The zero-order chi connectivity index (χ0) is 22.2. The summed E-state index contributed by atoms with van der Waals surface area (Å²) >= 11 is 0. The summed E-state index contributed by atoms with van der Waals surface area (Å²) in [6.45, 7) is 1.15. The normalized spacial score (nSPS) is 24.5. The smallest absolute Gasteiger partial charge is 0.380 e. The number of alkyl halides is 4. The van der Waals surface area contributed by atoms with Gasteiger partial charge in [0.1, 0.15) is 12.2 Å². The molecule has 4 rings (SSSR count). The Bertz CT molecular complexity index is 1020. The number of nitriles is 1. The van der Waals surface area contributed by atoms with Crippen LogP contribution in [0.3, 0.4) is 0 Å². The number of carbonyl (C=O) groups excluding carboxylic acids is 1. The molecule has 2 fully saturated rings. The molecule has 0 aliphatic carbocycles. The Hall–Kier alpha value is -2.93.